The number of hydrogen-bond donors (Lipinski definition) is 0. The minimum absolute atomic E-state index is 0. The molecule has 0 unspecified atom stereocenters. The molecule has 3 atom stereocenters. The Morgan fingerprint density at radius 2 is 2.25 bits per heavy atom. The third kappa shape index (κ3) is 5.78. The molecule has 0 aromatic rings. The second-order valence-corrected chi connectivity index (χ2v) is 4.94. The standard InChI is InChI=1S/C15H23.Li/c1-12(2)6-5-7-14(4)15-10-8-13(3)9-11-15;/h5-6,11,13-15H,1,7-8,10H2,2-4H3;/q-1;+1/b6-5+;/t13-,14-,15-;/m0./s1. The molecule has 0 saturated carbocycles. The van der Waals surface area contributed by atoms with E-state index >= 15 is 0 Å². The molecule has 0 spiro atoms. The molecule has 16 heavy (non-hydrogen) atoms. The fraction of sp³-hybridized carbons (Fsp3) is 0.600. The molecular weight excluding hydrogens is 187 g/mol. The molecule has 1 aliphatic rings. The Morgan fingerprint density at radius 3 is 2.75 bits per heavy atom. The molecular formula is C15H23Li. The van der Waals surface area contributed by atoms with Crippen molar-refractivity contribution in [3.05, 3.63) is 36.5 Å². The van der Waals surface area contributed by atoms with Gasteiger partial charge in [-0.2, -0.15) is 5.92 Å². The second-order valence-electron chi connectivity index (χ2n) is 4.94. The van der Waals surface area contributed by atoms with Gasteiger partial charge in [-0.3, -0.25) is 6.08 Å². The van der Waals surface area contributed by atoms with Gasteiger partial charge in [0.2, 0.25) is 0 Å². The zero-order chi connectivity index (χ0) is 11.3. The largest absolute Gasteiger partial charge is 1.00 e. The van der Waals surface area contributed by atoms with Crippen LogP contribution in [0.2, 0.25) is 0 Å². The minimum Gasteiger partial charge on any atom is -0.497 e. The number of allylic oxidation sites excluding steroid dienone is 5. The Bertz CT molecular complexity index is 263. The maximum atomic E-state index is 3.87. The SMILES string of the molecule is C=C(C)/C=C/C[C@H](C)[C@@H]1C=[C-][C@@H](C)CC1.[Li+]. The molecule has 1 aliphatic carbocycles. The van der Waals surface area contributed by atoms with Gasteiger partial charge < -0.3 is 6.08 Å². The van der Waals surface area contributed by atoms with Gasteiger partial charge in [-0.05, 0) is 19.3 Å². The molecule has 0 saturated heterocycles. The van der Waals surface area contributed by atoms with Crippen molar-refractivity contribution in [3.8, 4) is 0 Å². The van der Waals surface area contributed by atoms with Gasteiger partial charge in [0.05, 0.1) is 0 Å². The van der Waals surface area contributed by atoms with Crippen LogP contribution >= 0.6 is 0 Å². The van der Waals surface area contributed by atoms with Gasteiger partial charge in [0.15, 0.2) is 0 Å². The van der Waals surface area contributed by atoms with Gasteiger partial charge in [0, 0.05) is 0 Å². The van der Waals surface area contributed by atoms with Crippen LogP contribution in [-0.4, -0.2) is 0 Å². The normalized spacial score (nSPS) is 26.4. The van der Waals surface area contributed by atoms with E-state index in [-0.39, 0.29) is 18.9 Å². The van der Waals surface area contributed by atoms with Crippen LogP contribution in [0.1, 0.15) is 40.0 Å². The molecule has 0 amide bonds. The summed E-state index contributed by atoms with van der Waals surface area (Å²) in [5, 5.41) is 0. The maximum absolute atomic E-state index is 3.87. The summed E-state index contributed by atoms with van der Waals surface area (Å²) in [6, 6.07) is 0. The van der Waals surface area contributed by atoms with Gasteiger partial charge >= 0.3 is 18.9 Å². The fourth-order valence-electron chi connectivity index (χ4n) is 2.00. The van der Waals surface area contributed by atoms with Crippen molar-refractivity contribution in [3.63, 3.8) is 0 Å². The second kappa shape index (κ2) is 7.99. The molecule has 0 aromatic carbocycles. The summed E-state index contributed by atoms with van der Waals surface area (Å²) in [4.78, 5) is 0. The van der Waals surface area contributed by atoms with E-state index < -0.39 is 0 Å². The predicted molar refractivity (Wildman–Crippen MR) is 67.4 cm³/mol. The smallest absolute Gasteiger partial charge is 0.497 e. The van der Waals surface area contributed by atoms with Gasteiger partial charge in [0.25, 0.3) is 0 Å². The summed E-state index contributed by atoms with van der Waals surface area (Å²) in [6.45, 7) is 10.5. The van der Waals surface area contributed by atoms with Crippen LogP contribution in [0.4, 0.5) is 0 Å². The molecule has 0 N–H and O–H groups in total. The number of hydrogen-bond acceptors (Lipinski definition) is 0. The molecule has 0 bridgehead atoms. The van der Waals surface area contributed by atoms with Crippen LogP contribution in [-0.2, 0) is 0 Å². The fourth-order valence-corrected chi connectivity index (χ4v) is 2.00. The van der Waals surface area contributed by atoms with Crippen molar-refractivity contribution in [1.29, 1.82) is 0 Å². The molecule has 0 aromatic heterocycles. The first-order valence-electron chi connectivity index (χ1n) is 6.01. The van der Waals surface area contributed by atoms with E-state index in [4.69, 9.17) is 0 Å². The first kappa shape index (κ1) is 15.8. The quantitative estimate of drug-likeness (QED) is 0.375. The number of rotatable bonds is 4. The first-order chi connectivity index (χ1) is 7.09. The van der Waals surface area contributed by atoms with Crippen molar-refractivity contribution >= 4 is 0 Å². The van der Waals surface area contributed by atoms with E-state index in [0.717, 1.165) is 23.8 Å². The Labute approximate surface area is 113 Å². The van der Waals surface area contributed by atoms with Crippen molar-refractivity contribution in [2.45, 2.75) is 40.0 Å². The van der Waals surface area contributed by atoms with E-state index in [1.165, 1.54) is 12.8 Å². The van der Waals surface area contributed by atoms with Crippen molar-refractivity contribution < 1.29 is 18.9 Å². The molecule has 84 valence electrons. The molecule has 0 radical (unpaired) electrons. The third-order valence-corrected chi connectivity index (χ3v) is 3.17. The molecule has 1 heteroatoms. The summed E-state index contributed by atoms with van der Waals surface area (Å²) in [6.07, 6.45) is 13.9. The van der Waals surface area contributed by atoms with E-state index in [2.05, 4.69) is 44.7 Å². The summed E-state index contributed by atoms with van der Waals surface area (Å²) >= 11 is 0. The average Bonchev–Trinajstić information content (AvgIpc) is 2.18. The molecule has 0 nitrogen and oxygen atoms in total. The van der Waals surface area contributed by atoms with Crippen LogP contribution in [0.5, 0.6) is 0 Å². The van der Waals surface area contributed by atoms with Gasteiger partial charge in [-0.15, -0.1) is 0 Å². The van der Waals surface area contributed by atoms with Crippen LogP contribution in [0, 0.1) is 23.8 Å². The zero-order valence-corrected chi connectivity index (χ0v) is 11.3. The summed E-state index contributed by atoms with van der Waals surface area (Å²) in [5.74, 6) is 2.14. The van der Waals surface area contributed by atoms with Crippen molar-refractivity contribution in [2.75, 3.05) is 0 Å². The minimum atomic E-state index is 0. The Balaban J connectivity index is 0.00000225. The monoisotopic (exact) mass is 210 g/mol. The Kier molecular flexibility index (Phi) is 7.90. The predicted octanol–water partition coefficient (Wildman–Crippen LogP) is 1.55. The molecule has 0 heterocycles. The van der Waals surface area contributed by atoms with Gasteiger partial charge in [-0.1, -0.05) is 56.9 Å². The molecule has 1 rings (SSSR count). The third-order valence-electron chi connectivity index (χ3n) is 3.17. The summed E-state index contributed by atoms with van der Waals surface area (Å²) in [7, 11) is 0. The Hall–Kier alpha value is -0.183. The van der Waals surface area contributed by atoms with E-state index in [1.54, 1.807) is 0 Å². The first-order valence-corrected chi connectivity index (χ1v) is 6.01. The average molecular weight is 210 g/mol. The van der Waals surface area contributed by atoms with Gasteiger partial charge in [-0.25, -0.2) is 0 Å². The molecule has 0 aliphatic heterocycles. The van der Waals surface area contributed by atoms with Crippen molar-refractivity contribution in [1.82, 2.24) is 0 Å². The molecule has 0 fully saturated rings. The van der Waals surface area contributed by atoms with Crippen LogP contribution in [0.15, 0.2) is 30.4 Å². The topological polar surface area (TPSA) is 0 Å². The van der Waals surface area contributed by atoms with E-state index in [1.807, 2.05) is 6.92 Å². The summed E-state index contributed by atoms with van der Waals surface area (Å²) in [5.41, 5.74) is 1.14. The van der Waals surface area contributed by atoms with Gasteiger partial charge in [0.1, 0.15) is 0 Å². The van der Waals surface area contributed by atoms with E-state index in [9.17, 15) is 0 Å². The van der Waals surface area contributed by atoms with Crippen LogP contribution in [0.3, 0.4) is 0 Å². The summed E-state index contributed by atoms with van der Waals surface area (Å²) < 4.78 is 0. The van der Waals surface area contributed by atoms with E-state index in [0.29, 0.717) is 5.92 Å². The Morgan fingerprint density at radius 1 is 1.56 bits per heavy atom. The van der Waals surface area contributed by atoms with Crippen LogP contribution < -0.4 is 18.9 Å². The van der Waals surface area contributed by atoms with Crippen molar-refractivity contribution in [2.24, 2.45) is 17.8 Å². The maximum Gasteiger partial charge on any atom is 1.00 e. The van der Waals surface area contributed by atoms with Crippen LogP contribution in [0.25, 0.3) is 0 Å². The zero-order valence-electron chi connectivity index (χ0n) is 11.3.